The van der Waals surface area contributed by atoms with Crippen LogP contribution in [0.4, 0.5) is 0 Å². The third-order valence-corrected chi connectivity index (χ3v) is 3.27. The van der Waals surface area contributed by atoms with Gasteiger partial charge in [-0.1, -0.05) is 38.8 Å². The molecule has 0 heterocycles. The molecule has 0 aliphatic heterocycles. The van der Waals surface area contributed by atoms with Crippen molar-refractivity contribution in [2.45, 2.75) is 39.2 Å². The smallest absolute Gasteiger partial charge is 0.161 e. The molecule has 2 N–H and O–H groups in total. The molecule has 1 unspecified atom stereocenters. The first-order valence-corrected chi connectivity index (χ1v) is 7.78. The summed E-state index contributed by atoms with van der Waals surface area (Å²) >= 11 is 0. The van der Waals surface area contributed by atoms with Crippen LogP contribution in [0, 0.1) is 5.92 Å². The van der Waals surface area contributed by atoms with Crippen LogP contribution in [0.2, 0.25) is 0 Å². The average Bonchev–Trinajstić information content (AvgIpc) is 2.48. The monoisotopic (exact) mass is 295 g/mol. The number of hydrogen-bond donors (Lipinski definition) is 2. The van der Waals surface area contributed by atoms with Gasteiger partial charge in [0.25, 0.3) is 0 Å². The number of aliphatic hydroxyl groups excluding tert-OH is 1. The molecule has 21 heavy (non-hydrogen) atoms. The Kier molecular flexibility index (Phi) is 8.87. The first-order valence-electron chi connectivity index (χ1n) is 7.78. The topological polar surface area (TPSA) is 50.7 Å². The van der Waals surface area contributed by atoms with Gasteiger partial charge in [0, 0.05) is 6.54 Å². The van der Waals surface area contributed by atoms with E-state index in [-0.39, 0.29) is 6.61 Å². The minimum Gasteiger partial charge on any atom is -0.493 e. The number of hydrogen-bond acceptors (Lipinski definition) is 4. The van der Waals surface area contributed by atoms with Crippen LogP contribution in [-0.4, -0.2) is 38.0 Å². The first kappa shape index (κ1) is 17.8. The summed E-state index contributed by atoms with van der Waals surface area (Å²) < 4.78 is 10.8. The summed E-state index contributed by atoms with van der Waals surface area (Å²) in [6.45, 7) is 6.24. The van der Waals surface area contributed by atoms with E-state index in [4.69, 9.17) is 9.47 Å². The third kappa shape index (κ3) is 7.93. The van der Waals surface area contributed by atoms with Crippen LogP contribution in [0.5, 0.6) is 11.5 Å². The Morgan fingerprint density at radius 2 is 1.86 bits per heavy atom. The molecular weight excluding hydrogens is 266 g/mol. The van der Waals surface area contributed by atoms with Crippen molar-refractivity contribution in [3.8, 4) is 11.5 Å². The van der Waals surface area contributed by atoms with Gasteiger partial charge < -0.3 is 19.9 Å². The summed E-state index contributed by atoms with van der Waals surface area (Å²) in [6.07, 6.45) is 3.14. The van der Waals surface area contributed by atoms with Crippen LogP contribution in [0.1, 0.15) is 33.1 Å². The van der Waals surface area contributed by atoms with E-state index in [0.717, 1.165) is 18.9 Å². The van der Waals surface area contributed by atoms with E-state index in [0.29, 0.717) is 18.0 Å². The van der Waals surface area contributed by atoms with Crippen LogP contribution in [0.25, 0.3) is 0 Å². The highest BCUT2D eigenvalue weighted by molar-refractivity contribution is 5.39. The molecule has 4 heteroatoms. The Labute approximate surface area is 128 Å². The zero-order chi connectivity index (χ0) is 15.5. The van der Waals surface area contributed by atoms with E-state index in [1.807, 2.05) is 24.3 Å². The van der Waals surface area contributed by atoms with E-state index in [1.54, 1.807) is 7.11 Å². The predicted molar refractivity (Wildman–Crippen MR) is 86.1 cm³/mol. The highest BCUT2D eigenvalue weighted by atomic mass is 16.5. The molecule has 0 bridgehead atoms. The number of ether oxygens (including phenoxy) is 2. The number of unbranched alkanes of at least 4 members (excludes halogenated alkanes) is 1. The molecule has 1 aromatic carbocycles. The van der Waals surface area contributed by atoms with Gasteiger partial charge in [-0.3, -0.25) is 0 Å². The molecule has 0 fully saturated rings. The van der Waals surface area contributed by atoms with Crippen molar-refractivity contribution in [2.24, 2.45) is 5.92 Å². The van der Waals surface area contributed by atoms with E-state index in [9.17, 15) is 5.11 Å². The van der Waals surface area contributed by atoms with Crippen LogP contribution in [0.3, 0.4) is 0 Å². The Balaban J connectivity index is 2.12. The fraction of sp³-hybridized carbons (Fsp3) is 0.647. The van der Waals surface area contributed by atoms with Gasteiger partial charge in [0.1, 0.15) is 12.7 Å². The Morgan fingerprint density at radius 3 is 2.52 bits per heavy atom. The fourth-order valence-corrected chi connectivity index (χ4v) is 2.05. The van der Waals surface area contributed by atoms with Crippen molar-refractivity contribution in [1.82, 2.24) is 5.32 Å². The summed E-state index contributed by atoms with van der Waals surface area (Å²) in [5.41, 5.74) is 0. The molecule has 1 rings (SSSR count). The van der Waals surface area contributed by atoms with Crippen molar-refractivity contribution < 1.29 is 14.6 Å². The Bertz CT molecular complexity index is 382. The normalized spacial score (nSPS) is 12.4. The van der Waals surface area contributed by atoms with Gasteiger partial charge in [-0.2, -0.15) is 0 Å². The summed E-state index contributed by atoms with van der Waals surface area (Å²) in [4.78, 5) is 0. The highest BCUT2D eigenvalue weighted by Gasteiger charge is 2.07. The van der Waals surface area contributed by atoms with Gasteiger partial charge in [-0.05, 0) is 31.0 Å². The maximum absolute atomic E-state index is 9.89. The summed E-state index contributed by atoms with van der Waals surface area (Å²) in [5, 5.41) is 13.2. The number of rotatable bonds is 11. The van der Waals surface area contributed by atoms with Gasteiger partial charge in [-0.25, -0.2) is 0 Å². The summed E-state index contributed by atoms with van der Waals surface area (Å²) in [6, 6.07) is 7.46. The van der Waals surface area contributed by atoms with Gasteiger partial charge in [0.2, 0.25) is 0 Å². The third-order valence-electron chi connectivity index (χ3n) is 3.27. The summed E-state index contributed by atoms with van der Waals surface area (Å²) in [5.74, 6) is 2.12. The maximum atomic E-state index is 9.89. The number of nitrogens with one attached hydrogen (secondary N) is 1. The van der Waals surface area contributed by atoms with E-state index in [2.05, 4.69) is 19.2 Å². The predicted octanol–water partition coefficient (Wildman–Crippen LogP) is 2.85. The minimum absolute atomic E-state index is 0.263. The molecule has 0 spiro atoms. The second-order valence-corrected chi connectivity index (χ2v) is 5.71. The molecule has 0 aliphatic carbocycles. The molecule has 0 amide bonds. The zero-order valence-corrected chi connectivity index (χ0v) is 13.5. The SMILES string of the molecule is COc1ccccc1OCC(O)CNCCCCC(C)C. The lowest BCUT2D eigenvalue weighted by molar-refractivity contribution is 0.105. The zero-order valence-electron chi connectivity index (χ0n) is 13.5. The van der Waals surface area contributed by atoms with Crippen LogP contribution in [-0.2, 0) is 0 Å². The van der Waals surface area contributed by atoms with Crippen molar-refractivity contribution in [3.63, 3.8) is 0 Å². The molecular formula is C17H29NO3. The van der Waals surface area contributed by atoms with Crippen LogP contribution in [0.15, 0.2) is 24.3 Å². The molecule has 4 nitrogen and oxygen atoms in total. The second-order valence-electron chi connectivity index (χ2n) is 5.71. The highest BCUT2D eigenvalue weighted by Crippen LogP contribution is 2.25. The molecule has 0 saturated heterocycles. The average molecular weight is 295 g/mol. The molecule has 120 valence electrons. The molecule has 0 saturated carbocycles. The lowest BCUT2D eigenvalue weighted by Crippen LogP contribution is -2.32. The van der Waals surface area contributed by atoms with Gasteiger partial charge in [0.15, 0.2) is 11.5 Å². The number of para-hydroxylation sites is 2. The van der Waals surface area contributed by atoms with Crippen LogP contribution < -0.4 is 14.8 Å². The van der Waals surface area contributed by atoms with Crippen molar-refractivity contribution in [1.29, 1.82) is 0 Å². The van der Waals surface area contributed by atoms with E-state index in [1.165, 1.54) is 12.8 Å². The standard InChI is InChI=1S/C17H29NO3/c1-14(2)8-6-7-11-18-12-15(19)13-21-17-10-5-4-9-16(17)20-3/h4-5,9-10,14-15,18-19H,6-8,11-13H2,1-3H3. The number of aliphatic hydroxyl groups is 1. The van der Waals surface area contributed by atoms with Gasteiger partial charge >= 0.3 is 0 Å². The molecule has 0 aliphatic rings. The number of methoxy groups -OCH3 is 1. The lowest BCUT2D eigenvalue weighted by Gasteiger charge is -2.15. The van der Waals surface area contributed by atoms with Crippen LogP contribution >= 0.6 is 0 Å². The first-order chi connectivity index (χ1) is 10.1. The van der Waals surface area contributed by atoms with Gasteiger partial charge in [-0.15, -0.1) is 0 Å². The fourth-order valence-electron chi connectivity index (χ4n) is 2.05. The molecule has 0 aromatic heterocycles. The van der Waals surface area contributed by atoms with Gasteiger partial charge in [0.05, 0.1) is 7.11 Å². The quantitative estimate of drug-likeness (QED) is 0.616. The maximum Gasteiger partial charge on any atom is 0.161 e. The summed E-state index contributed by atoms with van der Waals surface area (Å²) in [7, 11) is 1.61. The minimum atomic E-state index is -0.514. The van der Waals surface area contributed by atoms with E-state index < -0.39 is 6.10 Å². The van der Waals surface area contributed by atoms with Crippen molar-refractivity contribution in [2.75, 3.05) is 26.8 Å². The van der Waals surface area contributed by atoms with E-state index >= 15 is 0 Å². The molecule has 1 atom stereocenters. The Hall–Kier alpha value is -1.26. The lowest BCUT2D eigenvalue weighted by atomic mass is 10.1. The van der Waals surface area contributed by atoms with Crippen molar-refractivity contribution in [3.05, 3.63) is 24.3 Å². The Morgan fingerprint density at radius 1 is 1.14 bits per heavy atom. The number of benzene rings is 1. The molecule has 1 aromatic rings. The molecule has 0 radical (unpaired) electrons. The second kappa shape index (κ2) is 10.5. The largest absolute Gasteiger partial charge is 0.493 e. The van der Waals surface area contributed by atoms with Crippen molar-refractivity contribution >= 4 is 0 Å².